The van der Waals surface area contributed by atoms with Gasteiger partial charge in [0.15, 0.2) is 11.5 Å². The van der Waals surface area contributed by atoms with Gasteiger partial charge in [0.1, 0.15) is 5.82 Å². The summed E-state index contributed by atoms with van der Waals surface area (Å²) in [5.41, 5.74) is 13.3. The average molecular weight is 314 g/mol. The largest absolute Gasteiger partial charge is 0.480 e. The van der Waals surface area contributed by atoms with Gasteiger partial charge in [-0.15, -0.1) is 0 Å². The molecule has 23 heavy (non-hydrogen) atoms. The van der Waals surface area contributed by atoms with Gasteiger partial charge in [-0.05, 0) is 37.1 Å². The van der Waals surface area contributed by atoms with Crippen molar-refractivity contribution in [2.45, 2.75) is 25.9 Å². The molecule has 0 radical (unpaired) electrons. The van der Waals surface area contributed by atoms with Gasteiger partial charge >= 0.3 is 0 Å². The molecule has 7 heteroatoms. The van der Waals surface area contributed by atoms with E-state index in [9.17, 15) is 5.11 Å². The zero-order chi connectivity index (χ0) is 16.4. The summed E-state index contributed by atoms with van der Waals surface area (Å²) in [7, 11) is 0. The number of hydrogen-bond donors (Lipinski definition) is 4. The quantitative estimate of drug-likeness (QED) is 0.664. The Bertz CT molecular complexity index is 671. The van der Waals surface area contributed by atoms with Crippen LogP contribution in [0.5, 0.6) is 0 Å². The molecule has 0 unspecified atom stereocenters. The minimum Gasteiger partial charge on any atom is -0.480 e. The number of amidine groups is 2. The number of aliphatic hydroxyl groups excluding tert-OH is 1. The highest BCUT2D eigenvalue weighted by Gasteiger charge is 2.28. The van der Waals surface area contributed by atoms with E-state index in [1.165, 1.54) is 23.3 Å². The van der Waals surface area contributed by atoms with E-state index in [0.717, 1.165) is 25.2 Å². The number of rotatable bonds is 4. The molecule has 3 rings (SSSR count). The molecular formula is C16H22N6O. The van der Waals surface area contributed by atoms with Gasteiger partial charge in [-0.2, -0.15) is 4.99 Å². The number of nitrogens with two attached hydrogens (primary N) is 2. The van der Waals surface area contributed by atoms with Crippen LogP contribution in [0.3, 0.4) is 0 Å². The Hall–Kier alpha value is -2.54. The predicted molar refractivity (Wildman–Crippen MR) is 89.7 cm³/mol. The first kappa shape index (κ1) is 15.4. The Labute approximate surface area is 135 Å². The van der Waals surface area contributed by atoms with Gasteiger partial charge in [0.05, 0.1) is 6.54 Å². The van der Waals surface area contributed by atoms with Crippen LogP contribution in [0.25, 0.3) is 0 Å². The average Bonchev–Trinajstić information content (AvgIpc) is 3.11. The third kappa shape index (κ3) is 3.29. The molecule has 122 valence electrons. The van der Waals surface area contributed by atoms with E-state index in [1.54, 1.807) is 0 Å². The molecule has 1 saturated heterocycles. The zero-order valence-electron chi connectivity index (χ0n) is 13.0. The van der Waals surface area contributed by atoms with Crippen molar-refractivity contribution in [2.24, 2.45) is 16.5 Å². The van der Waals surface area contributed by atoms with E-state index in [2.05, 4.69) is 22.0 Å². The number of nitrogens with one attached hydrogen (secondary N) is 1. The first-order valence-electron chi connectivity index (χ1n) is 7.74. The molecule has 7 nitrogen and oxygen atoms in total. The number of hydrogen-bond acceptors (Lipinski definition) is 5. The lowest BCUT2D eigenvalue weighted by molar-refractivity contribution is 0.331. The Morgan fingerprint density at radius 3 is 2.43 bits per heavy atom. The molecule has 0 amide bonds. The van der Waals surface area contributed by atoms with Gasteiger partial charge in [0.25, 0.3) is 6.02 Å². The number of nitrogens with zero attached hydrogens (tertiary/aromatic N) is 3. The first-order valence-corrected chi connectivity index (χ1v) is 7.74. The van der Waals surface area contributed by atoms with Gasteiger partial charge in [-0.3, -0.25) is 15.2 Å². The van der Waals surface area contributed by atoms with Crippen molar-refractivity contribution in [2.75, 3.05) is 13.1 Å². The zero-order valence-corrected chi connectivity index (χ0v) is 13.0. The molecule has 1 aromatic carbocycles. The van der Waals surface area contributed by atoms with Crippen molar-refractivity contribution in [1.82, 2.24) is 9.80 Å². The predicted octanol–water partition coefficient (Wildman–Crippen LogP) is 1.08. The van der Waals surface area contributed by atoms with Gasteiger partial charge in [0.2, 0.25) is 0 Å². The summed E-state index contributed by atoms with van der Waals surface area (Å²) in [6.07, 6.45) is 2.54. The SMILES string of the molecule is N=C1C(=C(N)N)N=C(O)N1Cc1cccc(CN2CCCC2)c1. The second-order valence-corrected chi connectivity index (χ2v) is 5.95. The molecule has 0 aliphatic carbocycles. The second-order valence-electron chi connectivity index (χ2n) is 5.95. The van der Waals surface area contributed by atoms with Crippen molar-refractivity contribution in [1.29, 1.82) is 5.41 Å². The monoisotopic (exact) mass is 314 g/mol. The lowest BCUT2D eigenvalue weighted by Crippen LogP contribution is -2.32. The van der Waals surface area contributed by atoms with E-state index in [4.69, 9.17) is 16.9 Å². The maximum absolute atomic E-state index is 9.92. The Morgan fingerprint density at radius 1 is 1.17 bits per heavy atom. The Balaban J connectivity index is 1.72. The third-order valence-corrected chi connectivity index (χ3v) is 4.16. The molecule has 2 heterocycles. The molecule has 0 spiro atoms. The maximum Gasteiger partial charge on any atom is 0.296 e. The van der Waals surface area contributed by atoms with Crippen LogP contribution in [-0.4, -0.2) is 39.9 Å². The number of benzene rings is 1. The fourth-order valence-electron chi connectivity index (χ4n) is 3.00. The van der Waals surface area contributed by atoms with E-state index >= 15 is 0 Å². The van der Waals surface area contributed by atoms with Crippen molar-refractivity contribution in [3.05, 3.63) is 46.9 Å². The van der Waals surface area contributed by atoms with E-state index in [1.807, 2.05) is 12.1 Å². The molecule has 0 aromatic heterocycles. The molecule has 2 aliphatic heterocycles. The molecule has 0 saturated carbocycles. The first-order chi connectivity index (χ1) is 11.0. The standard InChI is InChI=1S/C16H22N6O/c17-14(18)13-15(19)22(16(23)20-13)10-12-5-3-4-11(8-12)9-21-6-1-2-7-21/h3-5,8,19H,1-2,6-7,9-10,17-18H2,(H,20,23). The van der Waals surface area contributed by atoms with Gasteiger partial charge in [-0.25, -0.2) is 0 Å². The summed E-state index contributed by atoms with van der Waals surface area (Å²) in [4.78, 5) is 7.68. The maximum atomic E-state index is 9.92. The number of likely N-dealkylation sites (tertiary alicyclic amines) is 1. The highest BCUT2D eigenvalue weighted by Crippen LogP contribution is 2.19. The van der Waals surface area contributed by atoms with E-state index < -0.39 is 0 Å². The van der Waals surface area contributed by atoms with Crippen molar-refractivity contribution >= 4 is 11.9 Å². The summed E-state index contributed by atoms with van der Waals surface area (Å²) >= 11 is 0. The minimum absolute atomic E-state index is 0.0208. The summed E-state index contributed by atoms with van der Waals surface area (Å²) in [5, 5.41) is 18.0. The Morgan fingerprint density at radius 2 is 1.83 bits per heavy atom. The highest BCUT2D eigenvalue weighted by atomic mass is 16.3. The fourth-order valence-corrected chi connectivity index (χ4v) is 3.00. The highest BCUT2D eigenvalue weighted by molar-refractivity contribution is 6.10. The van der Waals surface area contributed by atoms with Crippen molar-refractivity contribution < 1.29 is 5.11 Å². The van der Waals surface area contributed by atoms with E-state index in [0.29, 0.717) is 6.54 Å². The van der Waals surface area contributed by atoms with Gasteiger partial charge in [0, 0.05) is 6.54 Å². The summed E-state index contributed by atoms with van der Waals surface area (Å²) in [6, 6.07) is 7.94. The molecular weight excluding hydrogens is 292 g/mol. The lowest BCUT2D eigenvalue weighted by Gasteiger charge is -2.18. The third-order valence-electron chi connectivity index (χ3n) is 4.16. The molecule has 0 atom stereocenters. The summed E-state index contributed by atoms with van der Waals surface area (Å²) in [5.74, 6) is -0.0423. The van der Waals surface area contributed by atoms with Crippen LogP contribution >= 0.6 is 0 Å². The van der Waals surface area contributed by atoms with Crippen LogP contribution in [0.4, 0.5) is 0 Å². The second kappa shape index (κ2) is 6.29. The van der Waals surface area contributed by atoms with Crippen LogP contribution in [0, 0.1) is 5.41 Å². The molecule has 0 bridgehead atoms. The summed E-state index contributed by atoms with van der Waals surface area (Å²) in [6.45, 7) is 3.60. The minimum atomic E-state index is -0.247. The van der Waals surface area contributed by atoms with Crippen LogP contribution in [0.15, 0.2) is 40.8 Å². The summed E-state index contributed by atoms with van der Waals surface area (Å²) < 4.78 is 0. The van der Waals surface area contributed by atoms with Crippen LogP contribution in [0.1, 0.15) is 24.0 Å². The molecule has 1 fully saturated rings. The lowest BCUT2D eigenvalue weighted by atomic mass is 10.1. The van der Waals surface area contributed by atoms with Crippen LogP contribution in [-0.2, 0) is 13.1 Å². The van der Waals surface area contributed by atoms with Gasteiger partial charge in [-0.1, -0.05) is 24.3 Å². The van der Waals surface area contributed by atoms with E-state index in [-0.39, 0.29) is 23.4 Å². The topological polar surface area (TPSA) is 115 Å². The van der Waals surface area contributed by atoms with Gasteiger partial charge < -0.3 is 16.6 Å². The molecule has 6 N–H and O–H groups in total. The smallest absolute Gasteiger partial charge is 0.296 e. The number of aliphatic imine (C=N–C) groups is 1. The normalized spacial score (nSPS) is 18.6. The van der Waals surface area contributed by atoms with Crippen LogP contribution in [0.2, 0.25) is 0 Å². The Kier molecular flexibility index (Phi) is 4.20. The van der Waals surface area contributed by atoms with Crippen LogP contribution < -0.4 is 11.5 Å². The molecule has 2 aliphatic rings. The van der Waals surface area contributed by atoms with Crippen molar-refractivity contribution in [3.63, 3.8) is 0 Å². The van der Waals surface area contributed by atoms with Crippen molar-refractivity contribution in [3.8, 4) is 0 Å². The number of aliphatic hydroxyl groups is 1. The molecule has 1 aromatic rings. The fraction of sp³-hybridized carbons (Fsp3) is 0.375.